The maximum Gasteiger partial charge on any atom is 0.253 e. The van der Waals surface area contributed by atoms with Crippen LogP contribution in [0.1, 0.15) is 27.7 Å². The van der Waals surface area contributed by atoms with Crippen LogP contribution in [0.25, 0.3) is 11.4 Å². The second-order valence-electron chi connectivity index (χ2n) is 7.06. The number of benzene rings is 1. The second kappa shape index (κ2) is 9.65. The zero-order valence-electron chi connectivity index (χ0n) is 17.4. The van der Waals surface area contributed by atoms with E-state index in [2.05, 4.69) is 25.3 Å². The first-order chi connectivity index (χ1) is 15.6. The summed E-state index contributed by atoms with van der Waals surface area (Å²) in [6, 6.07) is 17.5. The highest BCUT2D eigenvalue weighted by Gasteiger charge is 2.18. The number of pyridine rings is 2. The minimum atomic E-state index is -0.401. The summed E-state index contributed by atoms with van der Waals surface area (Å²) < 4.78 is 5.05. The first kappa shape index (κ1) is 20.9. The van der Waals surface area contributed by atoms with Crippen LogP contribution in [-0.4, -0.2) is 33.0 Å². The molecule has 1 atom stereocenters. The molecule has 0 radical (unpaired) electrons. The molecule has 160 valence electrons. The molecule has 0 saturated carbocycles. The van der Waals surface area contributed by atoms with Crippen LogP contribution in [-0.2, 0) is 6.42 Å². The number of hydrogen-bond acceptors (Lipinski definition) is 6. The van der Waals surface area contributed by atoms with E-state index in [0.717, 1.165) is 5.56 Å². The van der Waals surface area contributed by atoms with E-state index in [9.17, 15) is 9.59 Å². The van der Waals surface area contributed by atoms with Gasteiger partial charge in [-0.3, -0.25) is 14.6 Å². The van der Waals surface area contributed by atoms with E-state index in [1.54, 1.807) is 30.6 Å². The van der Waals surface area contributed by atoms with Crippen molar-refractivity contribution in [3.05, 3.63) is 106 Å². The average Bonchev–Trinajstić information content (AvgIpc) is 2.84. The van der Waals surface area contributed by atoms with Crippen molar-refractivity contribution in [2.45, 2.75) is 12.5 Å². The third-order valence-corrected chi connectivity index (χ3v) is 4.86. The van der Waals surface area contributed by atoms with Gasteiger partial charge >= 0.3 is 0 Å². The number of aromatic amines is 1. The van der Waals surface area contributed by atoms with Gasteiger partial charge in [-0.25, -0.2) is 9.97 Å². The van der Waals surface area contributed by atoms with E-state index in [-0.39, 0.29) is 11.5 Å². The summed E-state index contributed by atoms with van der Waals surface area (Å²) in [6.07, 6.45) is 5.08. The SMILES string of the molecule is COc1ccc(C(=O)N[C@H](Cc2cc(=O)[nH]c(-c3cccnc3)n2)c2ccccc2)cn1. The van der Waals surface area contributed by atoms with Crippen LogP contribution in [0.3, 0.4) is 0 Å². The van der Waals surface area contributed by atoms with Crippen LogP contribution >= 0.6 is 0 Å². The molecule has 0 unspecified atom stereocenters. The predicted molar refractivity (Wildman–Crippen MR) is 119 cm³/mol. The summed E-state index contributed by atoms with van der Waals surface area (Å²) in [6.45, 7) is 0. The number of methoxy groups -OCH3 is 1. The first-order valence-electron chi connectivity index (χ1n) is 9.99. The second-order valence-corrected chi connectivity index (χ2v) is 7.06. The molecule has 0 spiro atoms. The van der Waals surface area contributed by atoms with Gasteiger partial charge in [0, 0.05) is 42.7 Å². The Labute approximate surface area is 184 Å². The lowest BCUT2D eigenvalue weighted by Gasteiger charge is -2.19. The Balaban J connectivity index is 1.62. The fourth-order valence-electron chi connectivity index (χ4n) is 3.28. The van der Waals surface area contributed by atoms with Crippen LogP contribution in [0.2, 0.25) is 0 Å². The van der Waals surface area contributed by atoms with Crippen molar-refractivity contribution in [3.8, 4) is 17.3 Å². The highest BCUT2D eigenvalue weighted by Crippen LogP contribution is 2.20. The van der Waals surface area contributed by atoms with Crippen molar-refractivity contribution in [1.29, 1.82) is 0 Å². The summed E-state index contributed by atoms with van der Waals surface area (Å²) in [4.78, 5) is 40.7. The summed E-state index contributed by atoms with van der Waals surface area (Å²) in [5.74, 6) is 0.571. The Hall–Kier alpha value is -4.33. The fraction of sp³-hybridized carbons (Fsp3) is 0.125. The quantitative estimate of drug-likeness (QED) is 0.469. The fourth-order valence-corrected chi connectivity index (χ4v) is 3.28. The number of nitrogens with zero attached hydrogens (tertiary/aromatic N) is 3. The van der Waals surface area contributed by atoms with E-state index < -0.39 is 6.04 Å². The standard InChI is InChI=1S/C24H21N5O3/c1-32-22-10-9-18(15-26-22)24(31)28-20(16-6-3-2-4-7-16)12-19-13-21(30)29-23(27-19)17-8-5-11-25-14-17/h2-11,13-15,20H,12H2,1H3,(H,28,31)(H,27,29,30)/t20-/m1/s1. The highest BCUT2D eigenvalue weighted by molar-refractivity contribution is 5.94. The van der Waals surface area contributed by atoms with E-state index >= 15 is 0 Å². The molecule has 0 fully saturated rings. The highest BCUT2D eigenvalue weighted by atomic mass is 16.5. The topological polar surface area (TPSA) is 110 Å². The summed E-state index contributed by atoms with van der Waals surface area (Å²) >= 11 is 0. The maximum atomic E-state index is 12.9. The van der Waals surface area contributed by atoms with Gasteiger partial charge in [0.15, 0.2) is 0 Å². The number of H-pyrrole nitrogens is 1. The number of aromatic nitrogens is 4. The molecule has 3 heterocycles. The Morgan fingerprint density at radius 3 is 2.62 bits per heavy atom. The Bertz CT molecular complexity index is 1240. The van der Waals surface area contributed by atoms with Gasteiger partial charge in [-0.1, -0.05) is 30.3 Å². The third-order valence-electron chi connectivity index (χ3n) is 4.86. The molecule has 8 heteroatoms. The summed E-state index contributed by atoms with van der Waals surface area (Å²) in [7, 11) is 1.52. The van der Waals surface area contributed by atoms with Crippen molar-refractivity contribution in [3.63, 3.8) is 0 Å². The first-order valence-corrected chi connectivity index (χ1v) is 9.99. The number of rotatable bonds is 7. The van der Waals surface area contributed by atoms with Gasteiger partial charge in [0.05, 0.1) is 24.4 Å². The molecule has 32 heavy (non-hydrogen) atoms. The molecule has 1 amide bonds. The van der Waals surface area contributed by atoms with Gasteiger partial charge in [0.25, 0.3) is 11.5 Å². The molecule has 4 aromatic rings. The van der Waals surface area contributed by atoms with Crippen LogP contribution in [0.5, 0.6) is 5.88 Å². The third kappa shape index (κ3) is 5.04. The molecule has 2 N–H and O–H groups in total. The van der Waals surface area contributed by atoms with Crippen LogP contribution < -0.4 is 15.6 Å². The molecule has 3 aromatic heterocycles. The van der Waals surface area contributed by atoms with Gasteiger partial charge in [-0.05, 0) is 23.8 Å². The minimum absolute atomic E-state index is 0.272. The van der Waals surface area contributed by atoms with Crippen LogP contribution in [0, 0.1) is 0 Å². The summed E-state index contributed by atoms with van der Waals surface area (Å²) in [5.41, 5.74) is 2.28. The number of amides is 1. The maximum absolute atomic E-state index is 12.9. The smallest absolute Gasteiger partial charge is 0.253 e. The molecular weight excluding hydrogens is 406 g/mol. The minimum Gasteiger partial charge on any atom is -0.481 e. The molecule has 8 nitrogen and oxygen atoms in total. The molecule has 0 saturated heterocycles. The number of carbonyl (C=O) groups excluding carboxylic acids is 1. The normalized spacial score (nSPS) is 11.5. The number of ether oxygens (including phenoxy) is 1. The van der Waals surface area contributed by atoms with Crippen molar-refractivity contribution in [1.82, 2.24) is 25.3 Å². The number of carbonyl (C=O) groups is 1. The van der Waals surface area contributed by atoms with Gasteiger partial charge in [-0.2, -0.15) is 0 Å². The van der Waals surface area contributed by atoms with Crippen molar-refractivity contribution >= 4 is 5.91 Å². The van der Waals surface area contributed by atoms with Crippen molar-refractivity contribution in [2.75, 3.05) is 7.11 Å². The molecule has 0 aliphatic heterocycles. The van der Waals surface area contributed by atoms with E-state index in [1.807, 2.05) is 36.4 Å². The average molecular weight is 427 g/mol. The predicted octanol–water partition coefficient (Wildman–Crippen LogP) is 2.95. The number of nitrogens with one attached hydrogen (secondary N) is 2. The van der Waals surface area contributed by atoms with E-state index in [4.69, 9.17) is 4.74 Å². The lowest BCUT2D eigenvalue weighted by molar-refractivity contribution is 0.0936. The molecule has 0 aliphatic carbocycles. The Morgan fingerprint density at radius 2 is 1.94 bits per heavy atom. The molecule has 1 aromatic carbocycles. The molecular formula is C24H21N5O3. The zero-order valence-corrected chi connectivity index (χ0v) is 17.4. The van der Waals surface area contributed by atoms with Gasteiger partial charge in [0.1, 0.15) is 5.82 Å². The number of hydrogen-bond donors (Lipinski definition) is 2. The van der Waals surface area contributed by atoms with E-state index in [0.29, 0.717) is 34.9 Å². The van der Waals surface area contributed by atoms with E-state index in [1.165, 1.54) is 19.4 Å². The Kier molecular flexibility index (Phi) is 6.31. The molecule has 0 aliphatic rings. The zero-order chi connectivity index (χ0) is 22.3. The van der Waals surface area contributed by atoms with Gasteiger partial charge in [-0.15, -0.1) is 0 Å². The lowest BCUT2D eigenvalue weighted by atomic mass is 10.0. The van der Waals surface area contributed by atoms with Gasteiger partial charge in [0.2, 0.25) is 5.88 Å². The molecule has 0 bridgehead atoms. The summed E-state index contributed by atoms with van der Waals surface area (Å²) in [5, 5.41) is 3.03. The molecule has 4 rings (SSSR count). The van der Waals surface area contributed by atoms with Crippen molar-refractivity contribution < 1.29 is 9.53 Å². The van der Waals surface area contributed by atoms with Crippen LogP contribution in [0.4, 0.5) is 0 Å². The Morgan fingerprint density at radius 1 is 1.09 bits per heavy atom. The van der Waals surface area contributed by atoms with Crippen LogP contribution in [0.15, 0.2) is 84.0 Å². The van der Waals surface area contributed by atoms with Gasteiger partial charge < -0.3 is 15.0 Å². The monoisotopic (exact) mass is 427 g/mol. The van der Waals surface area contributed by atoms with Crippen molar-refractivity contribution in [2.24, 2.45) is 0 Å². The largest absolute Gasteiger partial charge is 0.481 e. The lowest BCUT2D eigenvalue weighted by Crippen LogP contribution is -2.30.